The SMILES string of the molecule is CCCn1c(SC2CCCCC2=O)nc2ccc(Br)cc2c1=O. The number of aromatic nitrogens is 2. The lowest BCUT2D eigenvalue weighted by molar-refractivity contribution is -0.119. The minimum Gasteiger partial charge on any atom is -0.298 e. The van der Waals surface area contributed by atoms with Crippen molar-refractivity contribution in [2.45, 2.75) is 56.0 Å². The van der Waals surface area contributed by atoms with Crippen molar-refractivity contribution < 1.29 is 4.79 Å². The highest BCUT2D eigenvalue weighted by molar-refractivity contribution is 9.10. The Kier molecular flexibility index (Phi) is 5.21. The van der Waals surface area contributed by atoms with E-state index in [9.17, 15) is 9.59 Å². The van der Waals surface area contributed by atoms with Crippen molar-refractivity contribution in [3.63, 3.8) is 0 Å². The smallest absolute Gasteiger partial charge is 0.262 e. The first-order valence-electron chi connectivity index (χ1n) is 7.99. The van der Waals surface area contributed by atoms with Gasteiger partial charge in [0.1, 0.15) is 5.78 Å². The van der Waals surface area contributed by atoms with Gasteiger partial charge in [-0.2, -0.15) is 0 Å². The molecule has 0 bridgehead atoms. The lowest BCUT2D eigenvalue weighted by atomic mass is 9.99. The van der Waals surface area contributed by atoms with Crippen LogP contribution in [0.2, 0.25) is 0 Å². The van der Waals surface area contributed by atoms with Crippen LogP contribution in [0, 0.1) is 0 Å². The van der Waals surface area contributed by atoms with E-state index in [1.807, 2.05) is 25.1 Å². The molecular weight excluding hydrogens is 376 g/mol. The number of carbonyl (C=O) groups excluding carboxylic acids is 1. The number of nitrogens with zero attached hydrogens (tertiary/aromatic N) is 2. The van der Waals surface area contributed by atoms with E-state index in [-0.39, 0.29) is 16.6 Å². The summed E-state index contributed by atoms with van der Waals surface area (Å²) in [5.41, 5.74) is 0.667. The van der Waals surface area contributed by atoms with E-state index in [1.165, 1.54) is 11.8 Å². The van der Waals surface area contributed by atoms with Crippen LogP contribution in [0.4, 0.5) is 0 Å². The molecule has 0 saturated heterocycles. The van der Waals surface area contributed by atoms with Gasteiger partial charge in [-0.1, -0.05) is 41.0 Å². The molecule has 1 atom stereocenters. The fraction of sp³-hybridized carbons (Fsp3) is 0.471. The molecule has 6 heteroatoms. The van der Waals surface area contributed by atoms with Gasteiger partial charge in [-0.25, -0.2) is 4.98 Å². The molecule has 23 heavy (non-hydrogen) atoms. The minimum atomic E-state index is -0.0633. The molecule has 1 aliphatic carbocycles. The molecular formula is C17H19BrN2O2S. The number of hydrogen-bond acceptors (Lipinski definition) is 4. The molecule has 1 saturated carbocycles. The highest BCUT2D eigenvalue weighted by Crippen LogP contribution is 2.31. The van der Waals surface area contributed by atoms with Crippen LogP contribution in [0.15, 0.2) is 32.6 Å². The second-order valence-electron chi connectivity index (χ2n) is 5.83. The second-order valence-corrected chi connectivity index (χ2v) is 7.92. The Hall–Kier alpha value is -1.14. The van der Waals surface area contributed by atoms with Gasteiger partial charge in [0.15, 0.2) is 5.16 Å². The largest absolute Gasteiger partial charge is 0.298 e. The van der Waals surface area contributed by atoms with E-state index >= 15 is 0 Å². The minimum absolute atomic E-state index is 0.0242. The second kappa shape index (κ2) is 7.18. The van der Waals surface area contributed by atoms with Crippen molar-refractivity contribution in [2.75, 3.05) is 0 Å². The zero-order valence-corrected chi connectivity index (χ0v) is 15.5. The first-order chi connectivity index (χ1) is 11.1. The summed E-state index contributed by atoms with van der Waals surface area (Å²) in [5.74, 6) is 0.287. The molecule has 122 valence electrons. The third-order valence-corrected chi connectivity index (χ3v) is 5.87. The predicted octanol–water partition coefficient (Wildman–Crippen LogP) is 4.17. The molecule has 1 aromatic heterocycles. The summed E-state index contributed by atoms with van der Waals surface area (Å²) in [6.07, 6.45) is 4.44. The van der Waals surface area contributed by atoms with Gasteiger partial charge in [0, 0.05) is 17.4 Å². The molecule has 1 fully saturated rings. The average Bonchev–Trinajstić information content (AvgIpc) is 2.54. The Bertz CT molecular complexity index is 803. The molecule has 0 amide bonds. The quantitative estimate of drug-likeness (QED) is 0.729. The van der Waals surface area contributed by atoms with Crippen molar-refractivity contribution in [3.8, 4) is 0 Å². The Morgan fingerprint density at radius 3 is 2.91 bits per heavy atom. The van der Waals surface area contributed by atoms with Gasteiger partial charge in [-0.15, -0.1) is 0 Å². The maximum Gasteiger partial charge on any atom is 0.262 e. The van der Waals surface area contributed by atoms with Crippen LogP contribution in [0.3, 0.4) is 0 Å². The van der Waals surface area contributed by atoms with Crippen molar-refractivity contribution in [3.05, 3.63) is 33.0 Å². The molecule has 3 rings (SSSR count). The van der Waals surface area contributed by atoms with E-state index in [0.29, 0.717) is 29.0 Å². The topological polar surface area (TPSA) is 52.0 Å². The van der Waals surface area contributed by atoms with Crippen LogP contribution in [0.25, 0.3) is 10.9 Å². The lowest BCUT2D eigenvalue weighted by Gasteiger charge is -2.21. The molecule has 4 nitrogen and oxygen atoms in total. The number of ketones is 1. The first kappa shape index (κ1) is 16.7. The summed E-state index contributed by atoms with van der Waals surface area (Å²) in [6.45, 7) is 2.66. The van der Waals surface area contributed by atoms with Gasteiger partial charge in [0.05, 0.1) is 16.2 Å². The third-order valence-electron chi connectivity index (χ3n) is 4.07. The molecule has 0 radical (unpaired) electrons. The summed E-state index contributed by atoms with van der Waals surface area (Å²) in [5, 5.41) is 1.23. The Balaban J connectivity index is 2.07. The van der Waals surface area contributed by atoms with E-state index in [1.54, 1.807) is 4.57 Å². The van der Waals surface area contributed by atoms with Gasteiger partial charge in [-0.3, -0.25) is 14.2 Å². The van der Waals surface area contributed by atoms with Gasteiger partial charge in [-0.05, 0) is 37.5 Å². The third kappa shape index (κ3) is 3.53. The summed E-state index contributed by atoms with van der Waals surface area (Å²) in [7, 11) is 0. The van der Waals surface area contributed by atoms with Gasteiger partial charge in [0.2, 0.25) is 0 Å². The van der Waals surface area contributed by atoms with Crippen LogP contribution >= 0.6 is 27.7 Å². The lowest BCUT2D eigenvalue weighted by Crippen LogP contribution is -2.27. The highest BCUT2D eigenvalue weighted by Gasteiger charge is 2.25. The average molecular weight is 395 g/mol. The van der Waals surface area contributed by atoms with Crippen molar-refractivity contribution in [1.82, 2.24) is 9.55 Å². The molecule has 0 spiro atoms. The first-order valence-corrected chi connectivity index (χ1v) is 9.67. The number of fused-ring (bicyclic) bond motifs is 1. The number of thioether (sulfide) groups is 1. The van der Waals surface area contributed by atoms with Gasteiger partial charge in [0.25, 0.3) is 5.56 Å². The number of benzene rings is 1. The highest BCUT2D eigenvalue weighted by atomic mass is 79.9. The molecule has 1 aromatic carbocycles. The van der Waals surface area contributed by atoms with Crippen LogP contribution in [-0.2, 0) is 11.3 Å². The van der Waals surface area contributed by atoms with Gasteiger partial charge >= 0.3 is 0 Å². The van der Waals surface area contributed by atoms with Crippen LogP contribution in [0.5, 0.6) is 0 Å². The van der Waals surface area contributed by atoms with Crippen LogP contribution in [-0.4, -0.2) is 20.6 Å². The van der Waals surface area contributed by atoms with Crippen molar-refractivity contribution in [1.29, 1.82) is 0 Å². The zero-order chi connectivity index (χ0) is 16.4. The van der Waals surface area contributed by atoms with Crippen molar-refractivity contribution >= 4 is 44.4 Å². The Morgan fingerprint density at radius 2 is 2.17 bits per heavy atom. The van der Waals surface area contributed by atoms with Crippen LogP contribution < -0.4 is 5.56 Å². The molecule has 1 heterocycles. The maximum atomic E-state index is 12.8. The van der Waals surface area contributed by atoms with E-state index in [2.05, 4.69) is 20.9 Å². The number of rotatable bonds is 4. The fourth-order valence-corrected chi connectivity index (χ4v) is 4.49. The Morgan fingerprint density at radius 1 is 1.35 bits per heavy atom. The number of carbonyl (C=O) groups is 1. The zero-order valence-electron chi connectivity index (χ0n) is 13.0. The molecule has 1 aliphatic rings. The number of halogens is 1. The number of Topliss-reactive ketones (excluding diaryl/α,β-unsaturated/α-hetero) is 1. The standard InChI is InChI=1S/C17H19BrN2O2S/c1-2-9-20-16(22)12-10-11(18)7-8-13(12)19-17(20)23-15-6-4-3-5-14(15)21/h7-8,10,15H,2-6,9H2,1H3. The summed E-state index contributed by atoms with van der Waals surface area (Å²) in [6, 6.07) is 5.56. The summed E-state index contributed by atoms with van der Waals surface area (Å²) >= 11 is 4.87. The summed E-state index contributed by atoms with van der Waals surface area (Å²) < 4.78 is 2.59. The summed E-state index contributed by atoms with van der Waals surface area (Å²) in [4.78, 5) is 29.6. The van der Waals surface area contributed by atoms with Crippen molar-refractivity contribution in [2.24, 2.45) is 0 Å². The normalized spacial score (nSPS) is 18.5. The van der Waals surface area contributed by atoms with E-state index < -0.39 is 0 Å². The predicted molar refractivity (Wildman–Crippen MR) is 97.1 cm³/mol. The molecule has 0 aliphatic heterocycles. The van der Waals surface area contributed by atoms with Gasteiger partial charge < -0.3 is 0 Å². The monoisotopic (exact) mass is 394 g/mol. The van der Waals surface area contributed by atoms with E-state index in [4.69, 9.17) is 0 Å². The molecule has 2 aromatic rings. The van der Waals surface area contributed by atoms with E-state index in [0.717, 1.165) is 30.2 Å². The Labute approximate surface area is 147 Å². The molecule has 0 N–H and O–H groups in total. The molecule has 1 unspecified atom stereocenters. The maximum absolute atomic E-state index is 12.8. The van der Waals surface area contributed by atoms with Crippen LogP contribution in [0.1, 0.15) is 39.0 Å². The number of hydrogen-bond donors (Lipinski definition) is 0. The fourth-order valence-electron chi connectivity index (χ4n) is 2.89.